The molecule has 1 aromatic heterocycles. The molecule has 106 valence electrons. The molecule has 0 aliphatic rings. The summed E-state index contributed by atoms with van der Waals surface area (Å²) in [6.07, 6.45) is 1.92. The maximum Gasteiger partial charge on any atom is 0.142 e. The van der Waals surface area contributed by atoms with Crippen LogP contribution in [0.2, 0.25) is 15.3 Å². The second kappa shape index (κ2) is 6.75. The molecule has 2 nitrogen and oxygen atoms in total. The normalized spacial score (nSPS) is 11.1. The fourth-order valence-electron chi connectivity index (χ4n) is 2.14. The van der Waals surface area contributed by atoms with Crippen LogP contribution in [-0.2, 0) is 0 Å². The monoisotopic (exact) mass is 328 g/mol. The van der Waals surface area contributed by atoms with Crippen LogP contribution in [0, 0.1) is 0 Å². The van der Waals surface area contributed by atoms with E-state index in [-0.39, 0.29) is 5.92 Å². The Morgan fingerprint density at radius 1 is 1.00 bits per heavy atom. The summed E-state index contributed by atoms with van der Waals surface area (Å²) in [7, 11) is 0. The summed E-state index contributed by atoms with van der Waals surface area (Å²) in [4.78, 5) is 8.82. The van der Waals surface area contributed by atoms with E-state index in [9.17, 15) is 0 Å². The molecule has 0 atom stereocenters. The lowest BCUT2D eigenvalue weighted by molar-refractivity contribution is 0.602. The van der Waals surface area contributed by atoms with Gasteiger partial charge in [0.1, 0.15) is 16.1 Å². The molecule has 0 saturated carbocycles. The molecule has 0 saturated heterocycles. The van der Waals surface area contributed by atoms with E-state index in [1.807, 2.05) is 12.1 Å². The van der Waals surface area contributed by atoms with Crippen LogP contribution < -0.4 is 0 Å². The highest BCUT2D eigenvalue weighted by atomic mass is 35.5. The summed E-state index contributed by atoms with van der Waals surface area (Å²) < 4.78 is 0. The molecule has 2 rings (SSSR count). The molecule has 0 aliphatic carbocycles. The summed E-state index contributed by atoms with van der Waals surface area (Å²) in [5.41, 5.74) is 1.45. The minimum atomic E-state index is 0.276. The van der Waals surface area contributed by atoms with Crippen molar-refractivity contribution in [2.75, 3.05) is 0 Å². The topological polar surface area (TPSA) is 25.8 Å². The molecule has 0 aliphatic heterocycles. The third-order valence-corrected chi connectivity index (χ3v) is 4.08. The smallest absolute Gasteiger partial charge is 0.142 e. The third kappa shape index (κ3) is 3.25. The van der Waals surface area contributed by atoms with Crippen LogP contribution in [0.1, 0.15) is 38.4 Å². The first-order valence-electron chi connectivity index (χ1n) is 6.55. The van der Waals surface area contributed by atoms with Crippen LogP contribution >= 0.6 is 34.8 Å². The van der Waals surface area contributed by atoms with Gasteiger partial charge in [0, 0.05) is 10.9 Å². The van der Waals surface area contributed by atoms with E-state index in [0.717, 1.165) is 18.4 Å². The highest BCUT2D eigenvalue weighted by Gasteiger charge is 2.17. The van der Waals surface area contributed by atoms with E-state index in [4.69, 9.17) is 34.8 Å². The molecule has 5 heteroatoms. The van der Waals surface area contributed by atoms with Gasteiger partial charge in [-0.1, -0.05) is 60.8 Å². The summed E-state index contributed by atoms with van der Waals surface area (Å²) in [6.45, 7) is 4.20. The molecule has 20 heavy (non-hydrogen) atoms. The van der Waals surface area contributed by atoms with Crippen molar-refractivity contribution in [3.05, 3.63) is 45.4 Å². The largest absolute Gasteiger partial charge is 0.220 e. The minimum Gasteiger partial charge on any atom is -0.220 e. The Hall–Kier alpha value is -0.830. The molecule has 0 spiro atoms. The van der Waals surface area contributed by atoms with Gasteiger partial charge in [0.15, 0.2) is 0 Å². The van der Waals surface area contributed by atoms with Crippen LogP contribution in [0.5, 0.6) is 0 Å². The quantitative estimate of drug-likeness (QED) is 0.642. The zero-order chi connectivity index (χ0) is 14.7. The molecule has 2 aromatic rings. The van der Waals surface area contributed by atoms with E-state index in [2.05, 4.69) is 23.8 Å². The lowest BCUT2D eigenvalue weighted by atomic mass is 10.0. The van der Waals surface area contributed by atoms with Gasteiger partial charge in [-0.15, -0.1) is 0 Å². The summed E-state index contributed by atoms with van der Waals surface area (Å²) in [6, 6.07) is 7.33. The van der Waals surface area contributed by atoms with Crippen molar-refractivity contribution >= 4 is 34.8 Å². The summed E-state index contributed by atoms with van der Waals surface area (Å²) in [5, 5.41) is 1.36. The second-order valence-electron chi connectivity index (χ2n) is 4.56. The minimum absolute atomic E-state index is 0.276. The highest BCUT2D eigenvalue weighted by molar-refractivity contribution is 6.38. The number of benzene rings is 1. The van der Waals surface area contributed by atoms with Gasteiger partial charge in [0.25, 0.3) is 0 Å². The van der Waals surface area contributed by atoms with Gasteiger partial charge in [0.2, 0.25) is 0 Å². The van der Waals surface area contributed by atoms with Gasteiger partial charge < -0.3 is 0 Å². The van der Waals surface area contributed by atoms with Crippen molar-refractivity contribution in [1.82, 2.24) is 9.97 Å². The van der Waals surface area contributed by atoms with Crippen LogP contribution in [0.4, 0.5) is 0 Å². The Balaban J connectivity index is 2.51. The van der Waals surface area contributed by atoms with Crippen LogP contribution in [0.3, 0.4) is 0 Å². The average molecular weight is 330 g/mol. The molecule has 1 aromatic carbocycles. The number of nitrogens with zero attached hydrogens (tertiary/aromatic N) is 2. The molecule has 0 unspecified atom stereocenters. The Kier molecular flexibility index (Phi) is 5.25. The van der Waals surface area contributed by atoms with Gasteiger partial charge in [-0.25, -0.2) is 9.97 Å². The molecule has 0 amide bonds. The maximum absolute atomic E-state index is 6.30. The first-order valence-corrected chi connectivity index (χ1v) is 7.69. The zero-order valence-electron chi connectivity index (χ0n) is 11.3. The van der Waals surface area contributed by atoms with E-state index in [1.165, 1.54) is 0 Å². The SMILES string of the molecule is CCC(CC)c1nc(Cl)c(-c2cccc(Cl)c2)c(Cl)n1. The van der Waals surface area contributed by atoms with E-state index >= 15 is 0 Å². The molecule has 0 N–H and O–H groups in total. The Morgan fingerprint density at radius 3 is 2.10 bits per heavy atom. The lowest BCUT2D eigenvalue weighted by Gasteiger charge is -2.14. The predicted octanol–water partition coefficient (Wildman–Crippen LogP) is 6.01. The van der Waals surface area contributed by atoms with Gasteiger partial charge in [-0.3, -0.25) is 0 Å². The number of hydrogen-bond acceptors (Lipinski definition) is 2. The van der Waals surface area contributed by atoms with Crippen LogP contribution in [-0.4, -0.2) is 9.97 Å². The van der Waals surface area contributed by atoms with E-state index < -0.39 is 0 Å². The first kappa shape index (κ1) is 15.6. The zero-order valence-corrected chi connectivity index (χ0v) is 13.6. The Labute approximate surface area is 134 Å². The van der Waals surface area contributed by atoms with Crippen molar-refractivity contribution in [1.29, 1.82) is 0 Å². The van der Waals surface area contributed by atoms with Crippen LogP contribution in [0.25, 0.3) is 11.1 Å². The second-order valence-corrected chi connectivity index (χ2v) is 5.71. The van der Waals surface area contributed by atoms with Crippen molar-refractivity contribution in [2.24, 2.45) is 0 Å². The molecular weight excluding hydrogens is 315 g/mol. The van der Waals surface area contributed by atoms with Gasteiger partial charge in [0.05, 0.1) is 5.56 Å². The summed E-state index contributed by atoms with van der Waals surface area (Å²) >= 11 is 18.6. The standard InChI is InChI=1S/C15H15Cl3N2/c1-3-9(4-2)15-19-13(17)12(14(18)20-15)10-6-5-7-11(16)8-10/h5-9H,3-4H2,1-2H3. The van der Waals surface area contributed by atoms with Crippen molar-refractivity contribution in [3.8, 4) is 11.1 Å². The molecule has 0 fully saturated rings. The highest BCUT2D eigenvalue weighted by Crippen LogP contribution is 2.35. The van der Waals surface area contributed by atoms with Crippen molar-refractivity contribution in [2.45, 2.75) is 32.6 Å². The van der Waals surface area contributed by atoms with Gasteiger partial charge >= 0.3 is 0 Å². The predicted molar refractivity (Wildman–Crippen MR) is 85.8 cm³/mol. The average Bonchev–Trinajstić information content (AvgIpc) is 2.39. The van der Waals surface area contributed by atoms with Crippen molar-refractivity contribution < 1.29 is 0 Å². The maximum atomic E-state index is 6.30. The number of rotatable bonds is 4. The van der Waals surface area contributed by atoms with Gasteiger partial charge in [-0.05, 0) is 30.5 Å². The van der Waals surface area contributed by atoms with Crippen LogP contribution in [0.15, 0.2) is 24.3 Å². The number of aromatic nitrogens is 2. The number of hydrogen-bond donors (Lipinski definition) is 0. The van der Waals surface area contributed by atoms with Crippen molar-refractivity contribution in [3.63, 3.8) is 0 Å². The fourth-order valence-corrected chi connectivity index (χ4v) is 2.95. The van der Waals surface area contributed by atoms with E-state index in [0.29, 0.717) is 26.7 Å². The molecular formula is C15H15Cl3N2. The molecule has 1 heterocycles. The Bertz CT molecular complexity index is 587. The van der Waals surface area contributed by atoms with Gasteiger partial charge in [-0.2, -0.15) is 0 Å². The Morgan fingerprint density at radius 2 is 1.60 bits per heavy atom. The summed E-state index contributed by atoms with van der Waals surface area (Å²) in [5.74, 6) is 0.981. The third-order valence-electron chi connectivity index (χ3n) is 3.30. The first-order chi connectivity index (χ1) is 9.56. The molecule has 0 bridgehead atoms. The lowest BCUT2D eigenvalue weighted by Crippen LogP contribution is -2.04. The fraction of sp³-hybridized carbons (Fsp3) is 0.333. The van der Waals surface area contributed by atoms with E-state index in [1.54, 1.807) is 12.1 Å². The number of halogens is 3. The molecule has 0 radical (unpaired) electrons.